The van der Waals surface area contributed by atoms with Gasteiger partial charge in [0, 0.05) is 13.1 Å². The average molecular weight is 300 g/mol. The average Bonchev–Trinajstić information content (AvgIpc) is 2.38. The van der Waals surface area contributed by atoms with Gasteiger partial charge < -0.3 is 15.3 Å². The van der Waals surface area contributed by atoms with Crippen molar-refractivity contribution in [2.75, 3.05) is 13.1 Å². The van der Waals surface area contributed by atoms with Gasteiger partial charge in [-0.15, -0.1) is 0 Å². The summed E-state index contributed by atoms with van der Waals surface area (Å²) in [7, 11) is 0. The number of aliphatic carboxylic acids is 1. The minimum atomic E-state index is -1.11. The molecule has 7 heteroatoms. The lowest BCUT2D eigenvalue weighted by molar-refractivity contribution is -0.137. The van der Waals surface area contributed by atoms with Crippen LogP contribution in [0.5, 0.6) is 0 Å². The predicted octanol–water partition coefficient (Wildman–Crippen LogP) is 2.22. The number of rotatable bonds is 6. The van der Waals surface area contributed by atoms with Crippen LogP contribution in [-0.2, 0) is 11.3 Å². The smallest absolute Gasteiger partial charge is 0.323 e. The van der Waals surface area contributed by atoms with E-state index < -0.39 is 30.2 Å². The Labute approximate surface area is 121 Å². The van der Waals surface area contributed by atoms with Gasteiger partial charge in [0.05, 0.1) is 0 Å². The highest BCUT2D eigenvalue weighted by Gasteiger charge is 2.17. The van der Waals surface area contributed by atoms with Crippen molar-refractivity contribution in [2.24, 2.45) is 5.92 Å². The van der Waals surface area contributed by atoms with Crippen LogP contribution in [-0.4, -0.2) is 35.1 Å². The summed E-state index contributed by atoms with van der Waals surface area (Å²) in [4.78, 5) is 23.8. The van der Waals surface area contributed by atoms with Crippen LogP contribution in [0.3, 0.4) is 0 Å². The zero-order valence-electron chi connectivity index (χ0n) is 11.9. The Morgan fingerprint density at radius 2 is 1.95 bits per heavy atom. The highest BCUT2D eigenvalue weighted by molar-refractivity contribution is 5.80. The molecule has 0 fully saturated rings. The van der Waals surface area contributed by atoms with E-state index in [-0.39, 0.29) is 19.0 Å². The van der Waals surface area contributed by atoms with E-state index in [1.54, 1.807) is 0 Å². The van der Waals surface area contributed by atoms with E-state index in [0.717, 1.165) is 17.0 Å². The molecule has 2 amide bonds. The van der Waals surface area contributed by atoms with Gasteiger partial charge in [-0.25, -0.2) is 13.6 Å². The first-order chi connectivity index (χ1) is 9.79. The maximum absolute atomic E-state index is 13.0. The van der Waals surface area contributed by atoms with Gasteiger partial charge in [0.2, 0.25) is 0 Å². The lowest BCUT2D eigenvalue weighted by Crippen LogP contribution is -2.44. The third-order valence-electron chi connectivity index (χ3n) is 2.63. The van der Waals surface area contributed by atoms with Gasteiger partial charge in [0.1, 0.15) is 6.54 Å². The second-order valence-corrected chi connectivity index (χ2v) is 5.08. The fourth-order valence-corrected chi connectivity index (χ4v) is 1.76. The second-order valence-electron chi connectivity index (χ2n) is 5.08. The number of halogens is 2. The number of carbonyl (C=O) groups is 2. The van der Waals surface area contributed by atoms with Crippen LogP contribution >= 0.6 is 0 Å². The fourth-order valence-electron chi connectivity index (χ4n) is 1.76. The Kier molecular flexibility index (Phi) is 6.08. The van der Waals surface area contributed by atoms with Crippen LogP contribution in [0.15, 0.2) is 18.2 Å². The van der Waals surface area contributed by atoms with Crippen LogP contribution in [0.2, 0.25) is 0 Å². The number of hydrogen-bond acceptors (Lipinski definition) is 2. The molecule has 0 aliphatic heterocycles. The van der Waals surface area contributed by atoms with E-state index in [1.165, 1.54) is 6.07 Å². The Morgan fingerprint density at radius 1 is 1.29 bits per heavy atom. The molecule has 0 saturated heterocycles. The van der Waals surface area contributed by atoms with E-state index in [4.69, 9.17) is 5.11 Å². The molecule has 0 radical (unpaired) electrons. The topological polar surface area (TPSA) is 69.6 Å². The van der Waals surface area contributed by atoms with E-state index >= 15 is 0 Å². The van der Waals surface area contributed by atoms with Crippen molar-refractivity contribution in [1.29, 1.82) is 0 Å². The van der Waals surface area contributed by atoms with Gasteiger partial charge in [-0.3, -0.25) is 4.79 Å². The summed E-state index contributed by atoms with van der Waals surface area (Å²) in [6, 6.07) is 2.75. The molecular formula is C14H18F2N2O3. The quantitative estimate of drug-likeness (QED) is 0.846. The number of nitrogens with one attached hydrogen (secondary N) is 1. The van der Waals surface area contributed by atoms with E-state index in [1.807, 2.05) is 13.8 Å². The lowest BCUT2D eigenvalue weighted by Gasteiger charge is -2.23. The van der Waals surface area contributed by atoms with Crippen molar-refractivity contribution in [3.63, 3.8) is 0 Å². The summed E-state index contributed by atoms with van der Waals surface area (Å²) in [6.07, 6.45) is 0. The number of benzene rings is 1. The number of carboxylic acid groups (broad SMARTS) is 1. The fraction of sp³-hybridized carbons (Fsp3) is 0.429. The predicted molar refractivity (Wildman–Crippen MR) is 72.6 cm³/mol. The summed E-state index contributed by atoms with van der Waals surface area (Å²) in [5, 5.41) is 11.3. The number of carbonyl (C=O) groups excluding carboxylic acids is 1. The van der Waals surface area contributed by atoms with Crippen molar-refractivity contribution < 1.29 is 23.5 Å². The number of hydrogen-bond donors (Lipinski definition) is 2. The van der Waals surface area contributed by atoms with Gasteiger partial charge in [0.25, 0.3) is 0 Å². The van der Waals surface area contributed by atoms with Crippen molar-refractivity contribution in [3.8, 4) is 0 Å². The second kappa shape index (κ2) is 7.56. The van der Waals surface area contributed by atoms with Crippen molar-refractivity contribution in [1.82, 2.24) is 10.2 Å². The highest BCUT2D eigenvalue weighted by Crippen LogP contribution is 2.08. The molecule has 0 aromatic heterocycles. The summed E-state index contributed by atoms with van der Waals surface area (Å²) in [5.74, 6) is -2.96. The van der Waals surface area contributed by atoms with Crippen LogP contribution in [0, 0.1) is 17.6 Å². The zero-order chi connectivity index (χ0) is 16.0. The van der Waals surface area contributed by atoms with E-state index in [0.29, 0.717) is 5.56 Å². The van der Waals surface area contributed by atoms with Crippen LogP contribution in [0.4, 0.5) is 13.6 Å². The van der Waals surface area contributed by atoms with Gasteiger partial charge in [-0.2, -0.15) is 0 Å². The molecule has 0 heterocycles. The molecule has 0 atom stereocenters. The Balaban J connectivity index is 2.63. The SMILES string of the molecule is CC(C)CN(CC(=O)O)C(=O)NCc1ccc(F)c(F)c1. The molecule has 0 aliphatic carbocycles. The van der Waals surface area contributed by atoms with E-state index in [2.05, 4.69) is 5.32 Å². The monoisotopic (exact) mass is 300 g/mol. The maximum Gasteiger partial charge on any atom is 0.323 e. The van der Waals surface area contributed by atoms with Crippen molar-refractivity contribution in [2.45, 2.75) is 20.4 Å². The molecule has 2 N–H and O–H groups in total. The largest absolute Gasteiger partial charge is 0.480 e. The van der Waals surface area contributed by atoms with Crippen LogP contribution in [0.1, 0.15) is 19.4 Å². The number of nitrogens with zero attached hydrogens (tertiary/aromatic N) is 1. The molecule has 1 rings (SSSR count). The number of urea groups is 1. The summed E-state index contributed by atoms with van der Waals surface area (Å²) in [6.45, 7) is 3.58. The minimum absolute atomic E-state index is 0.00967. The summed E-state index contributed by atoms with van der Waals surface area (Å²) >= 11 is 0. The van der Waals surface area contributed by atoms with Gasteiger partial charge in [0.15, 0.2) is 11.6 Å². The van der Waals surface area contributed by atoms with Crippen molar-refractivity contribution >= 4 is 12.0 Å². The molecule has 0 saturated carbocycles. The van der Waals surface area contributed by atoms with Crippen LogP contribution in [0.25, 0.3) is 0 Å². The molecule has 0 unspecified atom stereocenters. The standard InChI is InChI=1S/C14H18F2N2O3/c1-9(2)7-18(8-13(19)20)14(21)17-6-10-3-4-11(15)12(16)5-10/h3-5,9H,6-8H2,1-2H3,(H,17,21)(H,19,20). The molecule has 1 aromatic carbocycles. The Bertz CT molecular complexity index is 521. The number of amides is 2. The number of carboxylic acids is 1. The first kappa shape index (κ1) is 16.9. The molecule has 0 bridgehead atoms. The first-order valence-corrected chi connectivity index (χ1v) is 6.48. The Hall–Kier alpha value is -2.18. The molecular weight excluding hydrogens is 282 g/mol. The van der Waals surface area contributed by atoms with Gasteiger partial charge in [-0.1, -0.05) is 19.9 Å². The minimum Gasteiger partial charge on any atom is -0.480 e. The lowest BCUT2D eigenvalue weighted by atomic mass is 10.2. The van der Waals surface area contributed by atoms with Crippen molar-refractivity contribution in [3.05, 3.63) is 35.4 Å². The Morgan fingerprint density at radius 3 is 2.48 bits per heavy atom. The maximum atomic E-state index is 13.0. The molecule has 116 valence electrons. The molecule has 0 aliphatic rings. The molecule has 1 aromatic rings. The summed E-state index contributed by atoms with van der Waals surface area (Å²) in [5.41, 5.74) is 0.391. The molecule has 5 nitrogen and oxygen atoms in total. The highest BCUT2D eigenvalue weighted by atomic mass is 19.2. The van der Waals surface area contributed by atoms with Crippen LogP contribution < -0.4 is 5.32 Å². The third-order valence-corrected chi connectivity index (χ3v) is 2.63. The third kappa shape index (κ3) is 5.76. The van der Waals surface area contributed by atoms with Gasteiger partial charge >= 0.3 is 12.0 Å². The molecule has 0 spiro atoms. The molecule has 21 heavy (non-hydrogen) atoms. The van der Waals surface area contributed by atoms with Gasteiger partial charge in [-0.05, 0) is 23.6 Å². The zero-order valence-corrected chi connectivity index (χ0v) is 11.9. The first-order valence-electron chi connectivity index (χ1n) is 6.48. The normalized spacial score (nSPS) is 10.5. The van der Waals surface area contributed by atoms with E-state index in [9.17, 15) is 18.4 Å². The summed E-state index contributed by atoms with van der Waals surface area (Å²) < 4.78 is 25.8.